The van der Waals surface area contributed by atoms with Crippen molar-refractivity contribution in [1.82, 2.24) is 9.62 Å². The zero-order valence-electron chi connectivity index (χ0n) is 21.2. The SMILES string of the molecule is CCC(C(=O)NCCOc1ccc(S(=O)(=O)N2CCCC2)cc1)N(c1ccc(C)c(C)c1)S(C)(=O)=O. The first kappa shape index (κ1) is 27.9. The molecule has 198 valence electrons. The lowest BCUT2D eigenvalue weighted by atomic mass is 10.1. The average Bonchev–Trinajstić information content (AvgIpc) is 3.37. The maximum Gasteiger partial charge on any atom is 0.244 e. The first-order valence-electron chi connectivity index (χ1n) is 12.0. The molecule has 0 spiro atoms. The molecule has 1 atom stereocenters. The number of hydrogen-bond donors (Lipinski definition) is 1. The Morgan fingerprint density at radius 3 is 2.22 bits per heavy atom. The standard InChI is InChI=1S/C25H35N3O6S2/c1-5-24(28(35(4,30)31)21-9-8-19(2)20(3)18-21)25(29)26-14-17-34-22-10-12-23(13-11-22)36(32,33)27-15-6-7-16-27/h8-13,18,24H,5-7,14-17H2,1-4H3,(H,26,29). The molecule has 0 radical (unpaired) electrons. The summed E-state index contributed by atoms with van der Waals surface area (Å²) in [5, 5.41) is 2.75. The average molecular weight is 538 g/mol. The summed E-state index contributed by atoms with van der Waals surface area (Å²) in [4.78, 5) is 13.2. The molecular formula is C25H35N3O6S2. The van der Waals surface area contributed by atoms with Crippen LogP contribution in [0, 0.1) is 13.8 Å². The van der Waals surface area contributed by atoms with E-state index in [2.05, 4.69) is 5.32 Å². The van der Waals surface area contributed by atoms with Gasteiger partial charge in [-0.05, 0) is 80.6 Å². The van der Waals surface area contributed by atoms with E-state index in [4.69, 9.17) is 4.74 Å². The number of carbonyl (C=O) groups excluding carboxylic acids is 1. The minimum Gasteiger partial charge on any atom is -0.492 e. The fraction of sp³-hybridized carbons (Fsp3) is 0.480. The molecule has 1 unspecified atom stereocenters. The van der Waals surface area contributed by atoms with Gasteiger partial charge in [-0.1, -0.05) is 13.0 Å². The molecular weight excluding hydrogens is 502 g/mol. The van der Waals surface area contributed by atoms with E-state index < -0.39 is 32.0 Å². The van der Waals surface area contributed by atoms with Gasteiger partial charge in [0.05, 0.1) is 23.4 Å². The summed E-state index contributed by atoms with van der Waals surface area (Å²) >= 11 is 0. The second-order valence-corrected chi connectivity index (χ2v) is 12.8. The van der Waals surface area contributed by atoms with Gasteiger partial charge in [0.15, 0.2) is 0 Å². The smallest absolute Gasteiger partial charge is 0.244 e. The summed E-state index contributed by atoms with van der Waals surface area (Å²) in [6.07, 6.45) is 3.13. The molecule has 11 heteroatoms. The number of aryl methyl sites for hydroxylation is 2. The Hall–Kier alpha value is -2.63. The molecule has 2 aromatic rings. The second kappa shape index (κ2) is 11.6. The van der Waals surface area contributed by atoms with E-state index in [1.54, 1.807) is 31.2 Å². The van der Waals surface area contributed by atoms with Gasteiger partial charge in [0.25, 0.3) is 0 Å². The van der Waals surface area contributed by atoms with Crippen LogP contribution in [0.25, 0.3) is 0 Å². The molecule has 0 aliphatic carbocycles. The lowest BCUT2D eigenvalue weighted by molar-refractivity contribution is -0.122. The summed E-state index contributed by atoms with van der Waals surface area (Å²) in [5.41, 5.74) is 2.41. The molecule has 3 rings (SSSR count). The van der Waals surface area contributed by atoms with Gasteiger partial charge in [0.1, 0.15) is 18.4 Å². The van der Waals surface area contributed by atoms with Crippen LogP contribution in [0.5, 0.6) is 5.75 Å². The molecule has 36 heavy (non-hydrogen) atoms. The molecule has 1 amide bonds. The minimum atomic E-state index is -3.71. The number of rotatable bonds is 11. The van der Waals surface area contributed by atoms with Gasteiger partial charge in [-0.2, -0.15) is 4.31 Å². The first-order chi connectivity index (χ1) is 16.9. The lowest BCUT2D eigenvalue weighted by Gasteiger charge is -2.30. The summed E-state index contributed by atoms with van der Waals surface area (Å²) in [6, 6.07) is 10.6. The van der Waals surface area contributed by atoms with E-state index in [0.717, 1.165) is 34.5 Å². The van der Waals surface area contributed by atoms with Crippen LogP contribution in [-0.4, -0.2) is 65.6 Å². The summed E-state index contributed by atoms with van der Waals surface area (Å²) < 4.78 is 58.8. The largest absolute Gasteiger partial charge is 0.492 e. The Morgan fingerprint density at radius 1 is 1.03 bits per heavy atom. The molecule has 1 fully saturated rings. The van der Waals surface area contributed by atoms with Crippen molar-refractivity contribution in [2.45, 2.75) is 51.0 Å². The molecule has 1 saturated heterocycles. The van der Waals surface area contributed by atoms with E-state index in [0.29, 0.717) is 30.9 Å². The molecule has 1 aliphatic rings. The van der Waals surface area contributed by atoms with Gasteiger partial charge in [0, 0.05) is 13.1 Å². The van der Waals surface area contributed by atoms with Gasteiger partial charge in [-0.3, -0.25) is 9.10 Å². The molecule has 0 aromatic heterocycles. The summed E-state index contributed by atoms with van der Waals surface area (Å²) in [5.74, 6) is 0.0568. The van der Waals surface area contributed by atoms with Crippen molar-refractivity contribution in [1.29, 1.82) is 0 Å². The van der Waals surface area contributed by atoms with Gasteiger partial charge in [-0.15, -0.1) is 0 Å². The maximum atomic E-state index is 12.9. The Labute approximate surface area is 214 Å². The first-order valence-corrected chi connectivity index (χ1v) is 15.3. The maximum absolute atomic E-state index is 12.9. The van der Waals surface area contributed by atoms with Crippen LogP contribution < -0.4 is 14.4 Å². The van der Waals surface area contributed by atoms with Crippen molar-refractivity contribution >= 4 is 31.6 Å². The van der Waals surface area contributed by atoms with Crippen LogP contribution in [0.4, 0.5) is 5.69 Å². The van der Waals surface area contributed by atoms with E-state index in [1.807, 2.05) is 19.9 Å². The van der Waals surface area contributed by atoms with Crippen molar-refractivity contribution in [3.8, 4) is 5.75 Å². The monoisotopic (exact) mass is 537 g/mol. The molecule has 1 N–H and O–H groups in total. The lowest BCUT2D eigenvalue weighted by Crippen LogP contribution is -2.50. The van der Waals surface area contributed by atoms with Crippen LogP contribution in [0.1, 0.15) is 37.3 Å². The third-order valence-corrected chi connectivity index (χ3v) is 9.36. The van der Waals surface area contributed by atoms with Crippen molar-refractivity contribution in [3.63, 3.8) is 0 Å². The van der Waals surface area contributed by atoms with E-state index in [9.17, 15) is 21.6 Å². The number of amides is 1. The molecule has 9 nitrogen and oxygen atoms in total. The number of nitrogens with zero attached hydrogens (tertiary/aromatic N) is 2. The molecule has 1 heterocycles. The number of carbonyl (C=O) groups is 1. The number of benzene rings is 2. The van der Waals surface area contributed by atoms with Crippen LogP contribution >= 0.6 is 0 Å². The van der Waals surface area contributed by atoms with Crippen LogP contribution in [0.3, 0.4) is 0 Å². The zero-order valence-corrected chi connectivity index (χ0v) is 22.9. The highest BCUT2D eigenvalue weighted by molar-refractivity contribution is 7.92. The van der Waals surface area contributed by atoms with E-state index in [1.165, 1.54) is 16.4 Å². The fourth-order valence-corrected chi connectivity index (χ4v) is 6.89. The van der Waals surface area contributed by atoms with Gasteiger partial charge >= 0.3 is 0 Å². The topological polar surface area (TPSA) is 113 Å². The quantitative estimate of drug-likeness (QED) is 0.441. The number of sulfonamides is 2. The Morgan fingerprint density at radius 2 is 1.67 bits per heavy atom. The number of ether oxygens (including phenoxy) is 1. The number of nitrogens with one attached hydrogen (secondary N) is 1. The van der Waals surface area contributed by atoms with Crippen molar-refractivity contribution in [2.75, 3.05) is 36.8 Å². The third kappa shape index (κ3) is 6.57. The Balaban J connectivity index is 1.59. The van der Waals surface area contributed by atoms with E-state index in [-0.39, 0.29) is 18.0 Å². The Kier molecular flexibility index (Phi) is 9.02. The number of hydrogen-bond acceptors (Lipinski definition) is 6. The predicted octanol–water partition coefficient (Wildman–Crippen LogP) is 2.83. The highest BCUT2D eigenvalue weighted by Gasteiger charge is 2.31. The predicted molar refractivity (Wildman–Crippen MR) is 140 cm³/mol. The van der Waals surface area contributed by atoms with Gasteiger partial charge in [-0.25, -0.2) is 16.8 Å². The molecule has 2 aromatic carbocycles. The molecule has 0 bridgehead atoms. The normalized spacial score (nSPS) is 15.4. The number of anilines is 1. The van der Waals surface area contributed by atoms with Gasteiger partial charge in [0.2, 0.25) is 26.0 Å². The van der Waals surface area contributed by atoms with Crippen molar-refractivity contribution in [2.24, 2.45) is 0 Å². The van der Waals surface area contributed by atoms with Crippen molar-refractivity contribution < 1.29 is 26.4 Å². The van der Waals surface area contributed by atoms with E-state index >= 15 is 0 Å². The summed E-state index contributed by atoms with van der Waals surface area (Å²) in [6.45, 7) is 6.98. The van der Waals surface area contributed by atoms with Crippen molar-refractivity contribution in [3.05, 3.63) is 53.6 Å². The van der Waals surface area contributed by atoms with Crippen LogP contribution in [0.15, 0.2) is 47.4 Å². The molecule has 1 aliphatic heterocycles. The highest BCUT2D eigenvalue weighted by Crippen LogP contribution is 2.25. The highest BCUT2D eigenvalue weighted by atomic mass is 32.2. The minimum absolute atomic E-state index is 0.142. The second-order valence-electron chi connectivity index (χ2n) is 8.97. The fourth-order valence-electron chi connectivity index (χ4n) is 4.17. The zero-order chi connectivity index (χ0) is 26.5. The van der Waals surface area contributed by atoms with Crippen LogP contribution in [0.2, 0.25) is 0 Å². The van der Waals surface area contributed by atoms with Crippen LogP contribution in [-0.2, 0) is 24.8 Å². The summed E-state index contributed by atoms with van der Waals surface area (Å²) in [7, 11) is -7.20. The van der Waals surface area contributed by atoms with Gasteiger partial charge < -0.3 is 10.1 Å². The molecule has 0 saturated carbocycles. The third-order valence-electron chi connectivity index (χ3n) is 6.27. The Bertz CT molecular complexity index is 1270.